The van der Waals surface area contributed by atoms with Crippen molar-refractivity contribution < 1.29 is 9.53 Å². The minimum Gasteiger partial charge on any atom is -0.398 e. The Morgan fingerprint density at radius 3 is 2.45 bits per heavy atom. The second-order valence-electron chi connectivity index (χ2n) is 6.03. The van der Waals surface area contributed by atoms with Crippen molar-refractivity contribution in [2.45, 2.75) is 51.0 Å². The largest absolute Gasteiger partial charge is 0.398 e. The molecule has 1 amide bonds. The fraction of sp³-hybridized carbons (Fsp3) is 0.562. The lowest BCUT2D eigenvalue weighted by atomic mass is 9.76. The Morgan fingerprint density at radius 2 is 1.95 bits per heavy atom. The lowest BCUT2D eigenvalue weighted by molar-refractivity contribution is -0.0270. The molecule has 0 aliphatic heterocycles. The summed E-state index contributed by atoms with van der Waals surface area (Å²) in [5.74, 6) is 0.0233. The molecular formula is C16H24N2O2. The molecule has 0 bridgehead atoms. The first kappa shape index (κ1) is 14.9. The number of carbonyl (C=O) groups excluding carboxylic acids is 1. The van der Waals surface area contributed by atoms with E-state index in [-0.39, 0.29) is 5.60 Å². The van der Waals surface area contributed by atoms with Gasteiger partial charge >= 0.3 is 0 Å². The minimum atomic E-state index is -0.420. The van der Waals surface area contributed by atoms with E-state index in [1.54, 1.807) is 13.2 Å². The molecule has 0 aromatic heterocycles. The van der Waals surface area contributed by atoms with Crippen LogP contribution in [-0.4, -0.2) is 18.6 Å². The quantitative estimate of drug-likeness (QED) is 0.833. The molecule has 0 saturated heterocycles. The van der Waals surface area contributed by atoms with E-state index in [1.807, 2.05) is 13.0 Å². The number of anilines is 1. The fourth-order valence-electron chi connectivity index (χ4n) is 3.12. The van der Waals surface area contributed by atoms with Crippen molar-refractivity contribution in [1.82, 2.24) is 0 Å². The molecule has 2 rings (SSSR count). The average molecular weight is 276 g/mol. The minimum absolute atomic E-state index is 0.00648. The molecule has 1 aliphatic rings. The van der Waals surface area contributed by atoms with E-state index in [4.69, 9.17) is 16.2 Å². The van der Waals surface area contributed by atoms with Crippen LogP contribution in [0, 0.1) is 6.92 Å². The maximum Gasteiger partial charge on any atom is 0.249 e. The van der Waals surface area contributed by atoms with Crippen molar-refractivity contribution in [3.05, 3.63) is 28.8 Å². The number of nitrogens with two attached hydrogens (primary N) is 2. The van der Waals surface area contributed by atoms with Crippen LogP contribution in [0.5, 0.6) is 0 Å². The Labute approximate surface area is 120 Å². The first-order valence-corrected chi connectivity index (χ1v) is 7.12. The maximum atomic E-state index is 11.3. The van der Waals surface area contributed by atoms with E-state index in [0.717, 1.165) is 36.8 Å². The molecule has 4 heteroatoms. The number of hydrogen-bond acceptors (Lipinski definition) is 3. The van der Waals surface area contributed by atoms with E-state index in [9.17, 15) is 4.79 Å². The Hall–Kier alpha value is -1.55. The molecular weight excluding hydrogens is 252 g/mol. The molecule has 110 valence electrons. The van der Waals surface area contributed by atoms with Gasteiger partial charge in [0.2, 0.25) is 5.91 Å². The summed E-state index contributed by atoms with van der Waals surface area (Å²) in [6, 6.07) is 3.76. The van der Waals surface area contributed by atoms with Crippen LogP contribution in [0.15, 0.2) is 12.1 Å². The van der Waals surface area contributed by atoms with Gasteiger partial charge in [0.05, 0.1) is 5.60 Å². The third kappa shape index (κ3) is 2.66. The first-order valence-electron chi connectivity index (χ1n) is 7.12. The normalized spacial score (nSPS) is 26.4. The van der Waals surface area contributed by atoms with E-state index < -0.39 is 5.91 Å². The van der Waals surface area contributed by atoms with Gasteiger partial charge in [-0.15, -0.1) is 0 Å². The van der Waals surface area contributed by atoms with Crippen LogP contribution in [0.25, 0.3) is 0 Å². The van der Waals surface area contributed by atoms with Gasteiger partial charge in [0.25, 0.3) is 0 Å². The number of primary amides is 1. The number of carbonyl (C=O) groups is 1. The van der Waals surface area contributed by atoms with Gasteiger partial charge in [-0.1, -0.05) is 6.07 Å². The van der Waals surface area contributed by atoms with E-state index >= 15 is 0 Å². The molecule has 20 heavy (non-hydrogen) atoms. The molecule has 4 N–H and O–H groups in total. The SMILES string of the molecule is COC1(C)CCC(c2ccc(C(N)=O)c(C)c2N)CC1. The lowest BCUT2D eigenvalue weighted by Crippen LogP contribution is -2.32. The number of ether oxygens (including phenoxy) is 1. The van der Waals surface area contributed by atoms with Crippen molar-refractivity contribution >= 4 is 11.6 Å². The van der Waals surface area contributed by atoms with Crippen molar-refractivity contribution in [3.8, 4) is 0 Å². The van der Waals surface area contributed by atoms with Gasteiger partial charge in [-0.25, -0.2) is 0 Å². The molecule has 1 aromatic rings. The highest BCUT2D eigenvalue weighted by Gasteiger charge is 2.32. The number of amides is 1. The van der Waals surface area contributed by atoms with Crippen LogP contribution in [0.1, 0.15) is 60.0 Å². The zero-order valence-electron chi connectivity index (χ0n) is 12.5. The summed E-state index contributed by atoms with van der Waals surface area (Å²) < 4.78 is 5.57. The van der Waals surface area contributed by atoms with Crippen molar-refractivity contribution in [3.63, 3.8) is 0 Å². The molecule has 0 heterocycles. The van der Waals surface area contributed by atoms with E-state index in [2.05, 4.69) is 6.92 Å². The van der Waals surface area contributed by atoms with Gasteiger partial charge in [-0.05, 0) is 62.6 Å². The second-order valence-corrected chi connectivity index (χ2v) is 6.03. The van der Waals surface area contributed by atoms with Crippen LogP contribution >= 0.6 is 0 Å². The van der Waals surface area contributed by atoms with Crippen molar-refractivity contribution in [1.29, 1.82) is 0 Å². The highest BCUT2D eigenvalue weighted by molar-refractivity contribution is 5.96. The van der Waals surface area contributed by atoms with Gasteiger partial charge in [0.15, 0.2) is 0 Å². The van der Waals surface area contributed by atoms with Gasteiger partial charge in [-0.3, -0.25) is 4.79 Å². The molecule has 0 spiro atoms. The molecule has 0 radical (unpaired) electrons. The van der Waals surface area contributed by atoms with Crippen LogP contribution in [0.4, 0.5) is 5.69 Å². The zero-order chi connectivity index (χ0) is 14.9. The number of nitrogen functional groups attached to an aromatic ring is 1. The summed E-state index contributed by atoms with van der Waals surface area (Å²) >= 11 is 0. The van der Waals surface area contributed by atoms with Crippen LogP contribution in [0.3, 0.4) is 0 Å². The van der Waals surface area contributed by atoms with Gasteiger partial charge in [0, 0.05) is 18.4 Å². The third-order valence-corrected chi connectivity index (χ3v) is 4.79. The maximum absolute atomic E-state index is 11.3. The average Bonchev–Trinajstić information content (AvgIpc) is 2.43. The fourth-order valence-corrected chi connectivity index (χ4v) is 3.12. The number of rotatable bonds is 3. The van der Waals surface area contributed by atoms with Crippen LogP contribution in [0.2, 0.25) is 0 Å². The summed E-state index contributed by atoms with van der Waals surface area (Å²) in [6.07, 6.45) is 4.18. The van der Waals surface area contributed by atoms with E-state index in [0.29, 0.717) is 17.2 Å². The molecule has 4 nitrogen and oxygen atoms in total. The Morgan fingerprint density at radius 1 is 1.35 bits per heavy atom. The standard InChI is InChI=1S/C16H24N2O2/c1-10-12(15(18)19)4-5-13(14(10)17)11-6-8-16(2,20-3)9-7-11/h4-5,11H,6-9,17H2,1-3H3,(H2,18,19). The second kappa shape index (κ2) is 5.44. The summed E-state index contributed by atoms with van der Waals surface area (Å²) in [5, 5.41) is 0. The molecule has 1 aromatic carbocycles. The highest BCUT2D eigenvalue weighted by Crippen LogP contribution is 2.41. The summed E-state index contributed by atoms with van der Waals surface area (Å²) in [5.41, 5.74) is 14.7. The smallest absolute Gasteiger partial charge is 0.249 e. The monoisotopic (exact) mass is 276 g/mol. The van der Waals surface area contributed by atoms with Gasteiger partial charge in [0.1, 0.15) is 0 Å². The van der Waals surface area contributed by atoms with Crippen molar-refractivity contribution in [2.24, 2.45) is 5.73 Å². The number of hydrogen-bond donors (Lipinski definition) is 2. The first-order chi connectivity index (χ1) is 9.38. The van der Waals surface area contributed by atoms with E-state index in [1.165, 1.54) is 0 Å². The van der Waals surface area contributed by atoms with Crippen LogP contribution < -0.4 is 11.5 Å². The Bertz CT molecular complexity index is 517. The Balaban J connectivity index is 2.23. The van der Waals surface area contributed by atoms with Crippen molar-refractivity contribution in [2.75, 3.05) is 12.8 Å². The summed E-state index contributed by atoms with van der Waals surface area (Å²) in [4.78, 5) is 11.3. The summed E-state index contributed by atoms with van der Waals surface area (Å²) in [7, 11) is 1.78. The predicted octanol–water partition coefficient (Wildman–Crippen LogP) is 2.74. The molecule has 1 saturated carbocycles. The third-order valence-electron chi connectivity index (χ3n) is 4.79. The lowest BCUT2D eigenvalue weighted by Gasteiger charge is -2.36. The summed E-state index contributed by atoms with van der Waals surface area (Å²) in [6.45, 7) is 4.02. The highest BCUT2D eigenvalue weighted by atomic mass is 16.5. The molecule has 0 unspecified atom stereocenters. The van der Waals surface area contributed by atoms with Gasteiger partial charge < -0.3 is 16.2 Å². The zero-order valence-corrected chi connectivity index (χ0v) is 12.5. The number of benzene rings is 1. The predicted molar refractivity (Wildman–Crippen MR) is 80.7 cm³/mol. The molecule has 0 atom stereocenters. The molecule has 1 aliphatic carbocycles. The number of methoxy groups -OCH3 is 1. The van der Waals surface area contributed by atoms with Gasteiger partial charge in [-0.2, -0.15) is 0 Å². The Kier molecular flexibility index (Phi) is 4.04. The molecule has 1 fully saturated rings. The van der Waals surface area contributed by atoms with Crippen LogP contribution in [-0.2, 0) is 4.74 Å². The topological polar surface area (TPSA) is 78.3 Å².